The van der Waals surface area contributed by atoms with Gasteiger partial charge in [-0.25, -0.2) is 8.42 Å². The first-order valence-corrected chi connectivity index (χ1v) is 11.0. The van der Waals surface area contributed by atoms with Crippen molar-refractivity contribution in [2.24, 2.45) is 5.73 Å². The van der Waals surface area contributed by atoms with Crippen molar-refractivity contribution >= 4 is 36.9 Å². The summed E-state index contributed by atoms with van der Waals surface area (Å²) in [6.45, 7) is 3.78. The Hall–Kier alpha value is -1.36. The minimum atomic E-state index is -4.02. The average molecular weight is 395 g/mol. The standard InChI is InChI=1S/C7H14N2O2S2.C7H8O3S/c1-2-3-5-13(10,11)6-4-12-7(8)9;1-6-2-4-7(5-3-6)11(8,9)10/h4,6H,2-3,5H2,1H3,(H3,8,9);2-5H,1H3,(H,8,9,10)/b6-4+;. The largest absolute Gasteiger partial charge is 0.378 e. The van der Waals surface area contributed by atoms with Gasteiger partial charge in [0.05, 0.1) is 10.6 Å². The molecule has 10 heteroatoms. The Labute approximate surface area is 147 Å². The highest BCUT2D eigenvalue weighted by Crippen LogP contribution is 2.08. The van der Waals surface area contributed by atoms with Gasteiger partial charge in [0, 0.05) is 5.41 Å². The van der Waals surface area contributed by atoms with E-state index in [9.17, 15) is 16.8 Å². The van der Waals surface area contributed by atoms with Crippen LogP contribution in [0.2, 0.25) is 0 Å². The Morgan fingerprint density at radius 2 is 1.79 bits per heavy atom. The third-order valence-electron chi connectivity index (χ3n) is 2.56. The van der Waals surface area contributed by atoms with Crippen molar-refractivity contribution in [1.82, 2.24) is 0 Å². The molecule has 0 amide bonds. The molecule has 136 valence electrons. The van der Waals surface area contributed by atoms with Gasteiger partial charge < -0.3 is 5.73 Å². The molecule has 0 bridgehead atoms. The molecule has 1 aromatic carbocycles. The summed E-state index contributed by atoms with van der Waals surface area (Å²) >= 11 is 0.893. The van der Waals surface area contributed by atoms with Crippen molar-refractivity contribution in [3.8, 4) is 0 Å². The van der Waals surface area contributed by atoms with Crippen molar-refractivity contribution < 1.29 is 21.4 Å². The van der Waals surface area contributed by atoms with Gasteiger partial charge in [-0.1, -0.05) is 42.8 Å². The lowest BCUT2D eigenvalue weighted by Crippen LogP contribution is -2.03. The molecular weight excluding hydrogens is 372 g/mol. The number of nitrogens with two attached hydrogens (primary N) is 1. The summed E-state index contributed by atoms with van der Waals surface area (Å²) in [7, 11) is -7.11. The topological polar surface area (TPSA) is 138 Å². The molecule has 1 rings (SSSR count). The Morgan fingerprint density at radius 1 is 1.25 bits per heavy atom. The van der Waals surface area contributed by atoms with Crippen LogP contribution in [0.15, 0.2) is 40.0 Å². The lowest BCUT2D eigenvalue weighted by Gasteiger charge is -1.95. The van der Waals surface area contributed by atoms with E-state index >= 15 is 0 Å². The normalized spacial score (nSPS) is 11.8. The number of hydrogen-bond acceptors (Lipinski definition) is 6. The Bertz CT molecular complexity index is 754. The van der Waals surface area contributed by atoms with Crippen LogP contribution >= 0.6 is 11.8 Å². The van der Waals surface area contributed by atoms with Crippen molar-refractivity contribution in [2.45, 2.75) is 31.6 Å². The number of aryl methyl sites for hydroxylation is 1. The predicted octanol–water partition coefficient (Wildman–Crippen LogP) is 2.54. The van der Waals surface area contributed by atoms with E-state index in [2.05, 4.69) is 0 Å². The van der Waals surface area contributed by atoms with Crippen LogP contribution in [0.25, 0.3) is 0 Å². The first-order valence-electron chi connectivity index (χ1n) is 6.92. The number of thioether (sulfide) groups is 1. The van der Waals surface area contributed by atoms with Gasteiger partial charge in [0.2, 0.25) is 0 Å². The zero-order valence-electron chi connectivity index (χ0n) is 13.5. The first kappa shape index (κ1) is 22.6. The van der Waals surface area contributed by atoms with Crippen LogP contribution in [0.5, 0.6) is 0 Å². The van der Waals surface area contributed by atoms with E-state index in [-0.39, 0.29) is 15.8 Å². The van der Waals surface area contributed by atoms with Crippen LogP contribution in [-0.2, 0) is 20.0 Å². The quantitative estimate of drug-likeness (QED) is 0.383. The SMILES string of the molecule is CCCCS(=O)(=O)/C=C/SC(=N)N.Cc1ccc(S(=O)(=O)O)cc1. The van der Waals surface area contributed by atoms with E-state index in [1.54, 1.807) is 12.1 Å². The second kappa shape index (κ2) is 10.5. The van der Waals surface area contributed by atoms with E-state index in [0.29, 0.717) is 6.42 Å². The van der Waals surface area contributed by atoms with E-state index in [0.717, 1.165) is 29.2 Å². The highest BCUT2D eigenvalue weighted by molar-refractivity contribution is 8.16. The molecule has 0 aliphatic carbocycles. The van der Waals surface area contributed by atoms with Gasteiger partial charge in [0.25, 0.3) is 10.1 Å². The van der Waals surface area contributed by atoms with Gasteiger partial charge in [-0.05, 0) is 30.9 Å². The molecule has 0 aliphatic heterocycles. The lowest BCUT2D eigenvalue weighted by molar-refractivity contribution is 0.483. The number of hydrogen-bond donors (Lipinski definition) is 3. The molecule has 0 fully saturated rings. The van der Waals surface area contributed by atoms with E-state index in [1.165, 1.54) is 17.5 Å². The summed E-state index contributed by atoms with van der Waals surface area (Å²) in [5.41, 5.74) is 5.98. The van der Waals surface area contributed by atoms with Gasteiger partial charge >= 0.3 is 0 Å². The van der Waals surface area contributed by atoms with Gasteiger partial charge in [0.1, 0.15) is 0 Å². The van der Waals surface area contributed by atoms with Crippen LogP contribution in [0, 0.1) is 12.3 Å². The molecule has 0 radical (unpaired) electrons. The van der Waals surface area contributed by atoms with Gasteiger partial charge in [-0.2, -0.15) is 8.42 Å². The molecule has 24 heavy (non-hydrogen) atoms. The Balaban J connectivity index is 0.000000446. The van der Waals surface area contributed by atoms with Gasteiger partial charge in [0.15, 0.2) is 15.0 Å². The van der Waals surface area contributed by atoms with Crippen molar-refractivity contribution in [1.29, 1.82) is 5.41 Å². The number of nitrogens with one attached hydrogen (secondary N) is 1. The summed E-state index contributed by atoms with van der Waals surface area (Å²) in [6, 6.07) is 5.99. The molecule has 4 N–H and O–H groups in total. The monoisotopic (exact) mass is 394 g/mol. The first-order chi connectivity index (χ1) is 11.0. The van der Waals surface area contributed by atoms with E-state index in [4.69, 9.17) is 15.7 Å². The number of unbranched alkanes of at least 4 members (excludes halogenated alkanes) is 1. The zero-order valence-corrected chi connectivity index (χ0v) is 15.9. The highest BCUT2D eigenvalue weighted by Gasteiger charge is 2.06. The van der Waals surface area contributed by atoms with Crippen LogP contribution in [0.1, 0.15) is 25.3 Å². The van der Waals surface area contributed by atoms with Gasteiger partial charge in [-0.15, -0.1) is 0 Å². The summed E-state index contributed by atoms with van der Waals surface area (Å²) < 4.78 is 51.9. The van der Waals surface area contributed by atoms with Crippen LogP contribution in [0.4, 0.5) is 0 Å². The number of rotatable bonds is 6. The fourth-order valence-electron chi connectivity index (χ4n) is 1.31. The summed E-state index contributed by atoms with van der Waals surface area (Å²) in [5.74, 6) is 0.165. The maximum absolute atomic E-state index is 11.2. The molecule has 0 atom stereocenters. The molecule has 0 saturated carbocycles. The third kappa shape index (κ3) is 11.2. The molecule has 0 heterocycles. The molecule has 0 aromatic heterocycles. The third-order valence-corrected chi connectivity index (χ3v) is 5.53. The zero-order chi connectivity index (χ0) is 18.8. The highest BCUT2D eigenvalue weighted by atomic mass is 32.2. The van der Waals surface area contributed by atoms with Crippen molar-refractivity contribution in [3.63, 3.8) is 0 Å². The Morgan fingerprint density at radius 3 is 2.21 bits per heavy atom. The molecule has 0 aliphatic rings. The molecule has 0 saturated heterocycles. The second-order valence-corrected chi connectivity index (χ2v) is 9.14. The van der Waals surface area contributed by atoms with E-state index < -0.39 is 20.0 Å². The van der Waals surface area contributed by atoms with Crippen LogP contribution in [-0.4, -0.2) is 32.3 Å². The molecule has 1 aromatic rings. The lowest BCUT2D eigenvalue weighted by atomic mass is 10.2. The minimum Gasteiger partial charge on any atom is -0.378 e. The summed E-state index contributed by atoms with van der Waals surface area (Å²) in [5, 5.41) is 9.16. The average Bonchev–Trinajstić information content (AvgIpc) is 2.45. The second-order valence-electron chi connectivity index (χ2n) is 4.76. The molecule has 0 unspecified atom stereocenters. The molecule has 0 spiro atoms. The van der Waals surface area contributed by atoms with E-state index in [1.807, 2.05) is 13.8 Å². The molecular formula is C14H22N2O5S3. The maximum atomic E-state index is 11.2. The van der Waals surface area contributed by atoms with Crippen LogP contribution in [0.3, 0.4) is 0 Å². The van der Waals surface area contributed by atoms with Crippen LogP contribution < -0.4 is 5.73 Å². The number of amidine groups is 1. The van der Waals surface area contributed by atoms with Crippen molar-refractivity contribution in [2.75, 3.05) is 5.75 Å². The summed E-state index contributed by atoms with van der Waals surface area (Å²) in [4.78, 5) is -0.0666. The number of sulfone groups is 1. The maximum Gasteiger partial charge on any atom is 0.294 e. The fourth-order valence-corrected chi connectivity index (χ4v) is 3.66. The Kier molecular flexibility index (Phi) is 9.90. The predicted molar refractivity (Wildman–Crippen MR) is 98.3 cm³/mol. The minimum absolute atomic E-state index is 0.0666. The molecule has 7 nitrogen and oxygen atoms in total. The smallest absolute Gasteiger partial charge is 0.294 e. The van der Waals surface area contributed by atoms with Crippen molar-refractivity contribution in [3.05, 3.63) is 40.6 Å². The van der Waals surface area contributed by atoms with Gasteiger partial charge in [-0.3, -0.25) is 9.96 Å². The summed E-state index contributed by atoms with van der Waals surface area (Å²) in [6.07, 6.45) is 1.52. The number of benzene rings is 1. The fraction of sp³-hybridized carbons (Fsp3) is 0.357.